The number of benzene rings is 1. The Labute approximate surface area is 124 Å². The number of hydrogen-bond donors (Lipinski definition) is 2. The first-order valence-electron chi connectivity index (χ1n) is 6.99. The smallest absolute Gasteiger partial charge is 0.227 e. The minimum absolute atomic E-state index is 0.0676. The minimum atomic E-state index is 0.0676. The largest absolute Gasteiger partial charge is 0.508 e. The van der Waals surface area contributed by atoms with Crippen LogP contribution in [0, 0.1) is 0 Å². The number of amides is 1. The summed E-state index contributed by atoms with van der Waals surface area (Å²) in [6.07, 6.45) is 3.87. The van der Waals surface area contributed by atoms with Crippen LogP contribution < -0.4 is 0 Å². The third kappa shape index (κ3) is 3.64. The number of likely N-dealkylation sites (tertiary alicyclic amines) is 1. The molecule has 1 saturated heterocycles. The van der Waals surface area contributed by atoms with Crippen LogP contribution in [-0.4, -0.2) is 40.2 Å². The van der Waals surface area contributed by atoms with Crippen LogP contribution in [0.15, 0.2) is 18.2 Å². The van der Waals surface area contributed by atoms with Crippen molar-refractivity contribution in [2.75, 3.05) is 13.2 Å². The highest BCUT2D eigenvalue weighted by Crippen LogP contribution is 2.25. The number of aliphatic hydroxyl groups is 1. The highest BCUT2D eigenvalue weighted by atomic mass is 35.5. The van der Waals surface area contributed by atoms with E-state index in [0.717, 1.165) is 37.8 Å². The zero-order valence-electron chi connectivity index (χ0n) is 11.4. The molecule has 0 aliphatic carbocycles. The fraction of sp³-hybridized carbons (Fsp3) is 0.533. The van der Waals surface area contributed by atoms with E-state index in [0.29, 0.717) is 5.02 Å². The van der Waals surface area contributed by atoms with Gasteiger partial charge in [0.05, 0.1) is 6.42 Å². The van der Waals surface area contributed by atoms with Crippen LogP contribution >= 0.6 is 11.6 Å². The van der Waals surface area contributed by atoms with Crippen LogP contribution in [-0.2, 0) is 11.2 Å². The molecular formula is C15H20ClNO3. The Morgan fingerprint density at radius 1 is 1.45 bits per heavy atom. The highest BCUT2D eigenvalue weighted by Gasteiger charge is 2.28. The zero-order valence-corrected chi connectivity index (χ0v) is 12.1. The van der Waals surface area contributed by atoms with Crippen LogP contribution in [0.5, 0.6) is 5.75 Å². The molecule has 0 bridgehead atoms. The monoisotopic (exact) mass is 297 g/mol. The third-order valence-corrected chi connectivity index (χ3v) is 4.12. The molecule has 110 valence electrons. The van der Waals surface area contributed by atoms with Gasteiger partial charge in [0, 0.05) is 24.2 Å². The van der Waals surface area contributed by atoms with Crippen LogP contribution in [0.2, 0.25) is 5.02 Å². The van der Waals surface area contributed by atoms with Gasteiger partial charge in [0.15, 0.2) is 0 Å². The van der Waals surface area contributed by atoms with Gasteiger partial charge < -0.3 is 15.1 Å². The first-order valence-corrected chi connectivity index (χ1v) is 7.37. The van der Waals surface area contributed by atoms with Crippen molar-refractivity contribution in [2.24, 2.45) is 0 Å². The second-order valence-electron chi connectivity index (χ2n) is 5.20. The van der Waals surface area contributed by atoms with E-state index >= 15 is 0 Å². The molecule has 1 fully saturated rings. The van der Waals surface area contributed by atoms with Crippen LogP contribution in [0.4, 0.5) is 0 Å². The molecule has 1 heterocycles. The summed E-state index contributed by atoms with van der Waals surface area (Å²) < 4.78 is 0. The normalized spacial score (nSPS) is 18.5. The van der Waals surface area contributed by atoms with Crippen molar-refractivity contribution in [3.8, 4) is 5.75 Å². The number of phenolic OH excluding ortho intramolecular Hbond substituents is 1. The molecular weight excluding hydrogens is 278 g/mol. The number of aliphatic hydroxyl groups excluding tert-OH is 1. The summed E-state index contributed by atoms with van der Waals surface area (Å²) in [5.41, 5.74) is 0.738. The topological polar surface area (TPSA) is 60.8 Å². The molecule has 1 atom stereocenters. The average Bonchev–Trinajstić information content (AvgIpc) is 2.88. The van der Waals surface area contributed by atoms with Crippen molar-refractivity contribution >= 4 is 17.5 Å². The molecule has 1 amide bonds. The SMILES string of the molecule is O=C(Cc1ccc(O)cc1Cl)N1CCCC1CCCO. The minimum Gasteiger partial charge on any atom is -0.508 e. The predicted molar refractivity (Wildman–Crippen MR) is 77.9 cm³/mol. The molecule has 5 heteroatoms. The molecule has 1 aliphatic heterocycles. The maximum atomic E-state index is 12.4. The molecule has 20 heavy (non-hydrogen) atoms. The molecule has 1 unspecified atom stereocenters. The number of hydrogen-bond acceptors (Lipinski definition) is 3. The summed E-state index contributed by atoms with van der Waals surface area (Å²) in [4.78, 5) is 14.3. The first kappa shape index (κ1) is 15.1. The van der Waals surface area contributed by atoms with E-state index in [4.69, 9.17) is 16.7 Å². The molecule has 1 aromatic rings. The van der Waals surface area contributed by atoms with Gasteiger partial charge >= 0.3 is 0 Å². The van der Waals surface area contributed by atoms with Crippen molar-refractivity contribution in [3.63, 3.8) is 0 Å². The molecule has 0 radical (unpaired) electrons. The molecule has 0 spiro atoms. The van der Waals surface area contributed by atoms with Gasteiger partial charge in [-0.2, -0.15) is 0 Å². The standard InChI is InChI=1S/C15H20ClNO3/c16-14-10-13(19)6-5-11(14)9-15(20)17-7-1-3-12(17)4-2-8-18/h5-6,10,12,18-19H,1-4,7-9H2. The zero-order chi connectivity index (χ0) is 14.5. The quantitative estimate of drug-likeness (QED) is 0.877. The molecule has 4 nitrogen and oxygen atoms in total. The maximum absolute atomic E-state index is 12.4. The maximum Gasteiger partial charge on any atom is 0.227 e. The lowest BCUT2D eigenvalue weighted by atomic mass is 10.1. The van der Waals surface area contributed by atoms with E-state index < -0.39 is 0 Å². The van der Waals surface area contributed by atoms with Gasteiger partial charge in [0.2, 0.25) is 5.91 Å². The van der Waals surface area contributed by atoms with Crippen LogP contribution in [0.1, 0.15) is 31.2 Å². The van der Waals surface area contributed by atoms with E-state index in [9.17, 15) is 9.90 Å². The van der Waals surface area contributed by atoms with Crippen molar-refractivity contribution in [1.29, 1.82) is 0 Å². The lowest BCUT2D eigenvalue weighted by Gasteiger charge is -2.25. The Kier molecular flexibility index (Phi) is 5.26. The second kappa shape index (κ2) is 6.95. The average molecular weight is 298 g/mol. The summed E-state index contributed by atoms with van der Waals surface area (Å²) in [6, 6.07) is 4.93. The fourth-order valence-electron chi connectivity index (χ4n) is 2.74. The van der Waals surface area contributed by atoms with Gasteiger partial charge in [-0.15, -0.1) is 0 Å². The number of rotatable bonds is 5. The number of carbonyl (C=O) groups excluding carboxylic acids is 1. The van der Waals surface area contributed by atoms with Crippen LogP contribution in [0.3, 0.4) is 0 Å². The Balaban J connectivity index is 2.00. The summed E-state index contributed by atoms with van der Waals surface area (Å²) in [5.74, 6) is 0.172. The number of aromatic hydroxyl groups is 1. The molecule has 0 aromatic heterocycles. The summed E-state index contributed by atoms with van der Waals surface area (Å²) in [5, 5.41) is 18.6. The van der Waals surface area contributed by atoms with Crippen molar-refractivity contribution < 1.29 is 15.0 Å². The fourth-order valence-corrected chi connectivity index (χ4v) is 2.98. The molecule has 2 rings (SSSR count). The highest BCUT2D eigenvalue weighted by molar-refractivity contribution is 6.31. The van der Waals surface area contributed by atoms with E-state index in [-0.39, 0.29) is 30.7 Å². The molecule has 1 aliphatic rings. The second-order valence-corrected chi connectivity index (χ2v) is 5.61. The number of phenols is 1. The Bertz CT molecular complexity index is 478. The van der Waals surface area contributed by atoms with E-state index in [1.54, 1.807) is 12.1 Å². The Morgan fingerprint density at radius 2 is 2.25 bits per heavy atom. The predicted octanol–water partition coefficient (Wildman–Crippen LogP) is 2.35. The van der Waals surface area contributed by atoms with Gasteiger partial charge in [-0.3, -0.25) is 4.79 Å². The van der Waals surface area contributed by atoms with E-state index in [1.807, 2.05) is 4.90 Å². The van der Waals surface area contributed by atoms with Gasteiger partial charge in [-0.05, 0) is 43.4 Å². The Morgan fingerprint density at radius 3 is 2.95 bits per heavy atom. The third-order valence-electron chi connectivity index (χ3n) is 3.77. The van der Waals surface area contributed by atoms with Crippen molar-refractivity contribution in [2.45, 2.75) is 38.1 Å². The van der Waals surface area contributed by atoms with Crippen molar-refractivity contribution in [1.82, 2.24) is 4.90 Å². The number of nitrogens with zero attached hydrogens (tertiary/aromatic N) is 1. The summed E-state index contributed by atoms with van der Waals surface area (Å²) in [6.45, 7) is 0.951. The van der Waals surface area contributed by atoms with Gasteiger partial charge in [0.25, 0.3) is 0 Å². The van der Waals surface area contributed by atoms with E-state index in [2.05, 4.69) is 0 Å². The summed E-state index contributed by atoms with van der Waals surface area (Å²) >= 11 is 6.04. The molecule has 1 aromatic carbocycles. The van der Waals surface area contributed by atoms with E-state index in [1.165, 1.54) is 6.07 Å². The number of carbonyl (C=O) groups is 1. The lowest BCUT2D eigenvalue weighted by Crippen LogP contribution is -2.36. The summed E-state index contributed by atoms with van der Waals surface area (Å²) in [7, 11) is 0. The first-order chi connectivity index (χ1) is 9.61. The number of halogens is 1. The van der Waals surface area contributed by atoms with Gasteiger partial charge in [-0.1, -0.05) is 17.7 Å². The lowest BCUT2D eigenvalue weighted by molar-refractivity contribution is -0.131. The molecule has 0 saturated carbocycles. The van der Waals surface area contributed by atoms with Gasteiger partial charge in [0.1, 0.15) is 5.75 Å². The molecule has 2 N–H and O–H groups in total. The van der Waals surface area contributed by atoms with Gasteiger partial charge in [-0.25, -0.2) is 0 Å². The Hall–Kier alpha value is -1.26. The van der Waals surface area contributed by atoms with Crippen molar-refractivity contribution in [3.05, 3.63) is 28.8 Å². The van der Waals surface area contributed by atoms with Crippen LogP contribution in [0.25, 0.3) is 0 Å².